The van der Waals surface area contributed by atoms with Gasteiger partial charge in [-0.1, -0.05) is 12.1 Å². The third kappa shape index (κ3) is 4.25. The summed E-state index contributed by atoms with van der Waals surface area (Å²) in [6.45, 7) is 0.406. The second-order valence-corrected chi connectivity index (χ2v) is 5.52. The molecule has 0 saturated heterocycles. The molecule has 3 atom stereocenters. The van der Waals surface area contributed by atoms with Crippen molar-refractivity contribution in [3.63, 3.8) is 0 Å². The molecular weight excluding hydrogens is 329 g/mol. The van der Waals surface area contributed by atoms with Crippen LogP contribution in [0.5, 0.6) is 0 Å². The van der Waals surface area contributed by atoms with Crippen LogP contribution in [0.25, 0.3) is 0 Å². The normalized spacial score (nSPS) is 21.0. The lowest BCUT2D eigenvalue weighted by Gasteiger charge is -2.17. The number of esters is 2. The van der Waals surface area contributed by atoms with Gasteiger partial charge in [0, 0.05) is 19.3 Å². The van der Waals surface area contributed by atoms with Crippen molar-refractivity contribution in [2.24, 2.45) is 11.8 Å². The van der Waals surface area contributed by atoms with E-state index in [1.54, 1.807) is 0 Å². The molecule has 24 heavy (non-hydrogen) atoms. The van der Waals surface area contributed by atoms with E-state index >= 15 is 0 Å². The van der Waals surface area contributed by atoms with E-state index in [1.807, 2.05) is 0 Å². The topological polar surface area (TPSA) is 61.8 Å². The first-order valence-electron chi connectivity index (χ1n) is 7.22. The fourth-order valence-corrected chi connectivity index (χ4v) is 2.34. The van der Waals surface area contributed by atoms with Gasteiger partial charge in [0.05, 0.1) is 18.6 Å². The van der Waals surface area contributed by atoms with Crippen LogP contribution in [0.2, 0.25) is 0 Å². The van der Waals surface area contributed by atoms with Crippen LogP contribution >= 0.6 is 0 Å². The van der Waals surface area contributed by atoms with E-state index in [-0.39, 0.29) is 17.4 Å². The van der Waals surface area contributed by atoms with E-state index in [4.69, 9.17) is 9.47 Å². The van der Waals surface area contributed by atoms with Gasteiger partial charge >= 0.3 is 18.1 Å². The highest BCUT2D eigenvalue weighted by molar-refractivity contribution is 5.82. The van der Waals surface area contributed by atoms with Crippen LogP contribution in [0.1, 0.15) is 23.7 Å². The van der Waals surface area contributed by atoms with Crippen molar-refractivity contribution < 1.29 is 37.0 Å². The molecule has 132 valence electrons. The minimum absolute atomic E-state index is 0.0356. The standard InChI is InChI=1S/C16H17F3O5/c1-22-8-10-7-12(10)14(20)24-13(15(21)23-2)9-3-5-11(6-4-9)16(17,18)19/h3-6,10,12-13H,7-8H2,1-2H3/t10-,12+,13?/m0/s1. The first kappa shape index (κ1) is 18.3. The van der Waals surface area contributed by atoms with E-state index in [9.17, 15) is 22.8 Å². The quantitative estimate of drug-likeness (QED) is 0.741. The lowest BCUT2D eigenvalue weighted by atomic mass is 10.1. The summed E-state index contributed by atoms with van der Waals surface area (Å²) in [7, 11) is 2.62. The highest BCUT2D eigenvalue weighted by Gasteiger charge is 2.45. The number of ether oxygens (including phenoxy) is 3. The van der Waals surface area contributed by atoms with Crippen molar-refractivity contribution in [1.82, 2.24) is 0 Å². The number of hydrogen-bond acceptors (Lipinski definition) is 5. The zero-order chi connectivity index (χ0) is 17.9. The van der Waals surface area contributed by atoms with E-state index in [2.05, 4.69) is 4.74 Å². The van der Waals surface area contributed by atoms with Gasteiger partial charge in [0.15, 0.2) is 0 Å². The van der Waals surface area contributed by atoms with Gasteiger partial charge in [-0.15, -0.1) is 0 Å². The average molecular weight is 346 g/mol. The monoisotopic (exact) mass is 346 g/mol. The smallest absolute Gasteiger partial charge is 0.416 e. The summed E-state index contributed by atoms with van der Waals surface area (Å²) in [5.74, 6) is -1.78. The van der Waals surface area contributed by atoms with Crippen molar-refractivity contribution in [3.8, 4) is 0 Å². The molecule has 1 fully saturated rings. The van der Waals surface area contributed by atoms with Gasteiger partial charge in [0.1, 0.15) is 0 Å². The highest BCUT2D eigenvalue weighted by atomic mass is 19.4. The van der Waals surface area contributed by atoms with Crippen molar-refractivity contribution in [2.75, 3.05) is 20.8 Å². The van der Waals surface area contributed by atoms with Crippen LogP contribution in [0.15, 0.2) is 24.3 Å². The molecule has 8 heteroatoms. The third-order valence-electron chi connectivity index (χ3n) is 3.80. The minimum Gasteiger partial charge on any atom is -0.466 e. The Morgan fingerprint density at radius 3 is 2.33 bits per heavy atom. The van der Waals surface area contributed by atoms with Gasteiger partial charge in [-0.2, -0.15) is 13.2 Å². The van der Waals surface area contributed by atoms with Crippen LogP contribution < -0.4 is 0 Å². The zero-order valence-electron chi connectivity index (χ0n) is 13.1. The zero-order valence-corrected chi connectivity index (χ0v) is 13.1. The first-order chi connectivity index (χ1) is 11.3. The van der Waals surface area contributed by atoms with Crippen LogP contribution in [-0.2, 0) is 30.0 Å². The molecule has 1 aromatic rings. The molecule has 1 aliphatic rings. The Kier molecular flexibility index (Phi) is 5.48. The molecule has 0 spiro atoms. The number of hydrogen-bond donors (Lipinski definition) is 0. The van der Waals surface area contributed by atoms with E-state index < -0.39 is 29.8 Å². The summed E-state index contributed by atoms with van der Waals surface area (Å²) in [5.41, 5.74) is -0.740. The molecule has 0 bridgehead atoms. The van der Waals surface area contributed by atoms with E-state index in [1.165, 1.54) is 7.11 Å². The van der Waals surface area contributed by atoms with Crippen LogP contribution in [0, 0.1) is 11.8 Å². The predicted molar refractivity (Wildman–Crippen MR) is 75.8 cm³/mol. The summed E-state index contributed by atoms with van der Waals surface area (Å²) in [4.78, 5) is 23.9. The Labute approximate surface area is 136 Å². The molecule has 0 heterocycles. The second kappa shape index (κ2) is 7.21. The number of methoxy groups -OCH3 is 2. The fraction of sp³-hybridized carbons (Fsp3) is 0.500. The van der Waals surface area contributed by atoms with Gasteiger partial charge < -0.3 is 14.2 Å². The molecule has 1 unspecified atom stereocenters. The van der Waals surface area contributed by atoms with E-state index in [0.29, 0.717) is 13.0 Å². The molecule has 0 N–H and O–H groups in total. The van der Waals surface area contributed by atoms with Crippen molar-refractivity contribution in [1.29, 1.82) is 0 Å². The summed E-state index contributed by atoms with van der Waals surface area (Å²) >= 11 is 0. The molecule has 1 aromatic carbocycles. The number of halogens is 3. The van der Waals surface area contributed by atoms with Gasteiger partial charge in [-0.25, -0.2) is 4.79 Å². The minimum atomic E-state index is -4.49. The number of carbonyl (C=O) groups is 2. The van der Waals surface area contributed by atoms with Gasteiger partial charge in [0.25, 0.3) is 0 Å². The Morgan fingerprint density at radius 2 is 1.83 bits per heavy atom. The Balaban J connectivity index is 2.11. The van der Waals surface area contributed by atoms with Crippen LogP contribution in [-0.4, -0.2) is 32.8 Å². The maximum Gasteiger partial charge on any atom is 0.416 e. The predicted octanol–water partition coefficient (Wildman–Crippen LogP) is 2.75. The summed E-state index contributed by atoms with van der Waals surface area (Å²) in [5, 5.41) is 0. The Bertz CT molecular complexity index is 597. The van der Waals surface area contributed by atoms with Gasteiger partial charge in [0.2, 0.25) is 6.10 Å². The summed E-state index contributed by atoms with van der Waals surface area (Å²) in [6.07, 6.45) is -5.29. The molecule has 0 amide bonds. The molecular formula is C16H17F3O5. The summed E-state index contributed by atoms with van der Waals surface area (Å²) < 4.78 is 52.5. The number of carbonyl (C=O) groups excluding carboxylic acids is 2. The van der Waals surface area contributed by atoms with Crippen molar-refractivity contribution >= 4 is 11.9 Å². The van der Waals surface area contributed by atoms with Crippen LogP contribution in [0.3, 0.4) is 0 Å². The molecule has 0 radical (unpaired) electrons. The Hall–Kier alpha value is -2.09. The molecule has 2 rings (SSSR count). The second-order valence-electron chi connectivity index (χ2n) is 5.52. The largest absolute Gasteiger partial charge is 0.466 e. The SMILES string of the molecule is COC[C@@H]1C[C@H]1C(=O)OC(C(=O)OC)c1ccc(C(F)(F)F)cc1. The van der Waals surface area contributed by atoms with Crippen LogP contribution in [0.4, 0.5) is 13.2 Å². The first-order valence-corrected chi connectivity index (χ1v) is 7.22. The molecule has 1 aliphatic carbocycles. The average Bonchev–Trinajstić information content (AvgIpc) is 3.31. The van der Waals surface area contributed by atoms with Gasteiger partial charge in [-0.05, 0) is 24.5 Å². The molecule has 0 aliphatic heterocycles. The highest BCUT2D eigenvalue weighted by Crippen LogP contribution is 2.40. The van der Waals surface area contributed by atoms with Gasteiger partial charge in [-0.3, -0.25) is 4.79 Å². The fourth-order valence-electron chi connectivity index (χ4n) is 2.34. The molecule has 0 aromatic heterocycles. The maximum absolute atomic E-state index is 12.6. The Morgan fingerprint density at radius 1 is 1.21 bits per heavy atom. The van der Waals surface area contributed by atoms with Crippen molar-refractivity contribution in [2.45, 2.75) is 18.7 Å². The lowest BCUT2D eigenvalue weighted by Crippen LogP contribution is -2.22. The maximum atomic E-state index is 12.6. The molecule has 5 nitrogen and oxygen atoms in total. The molecule has 1 saturated carbocycles. The number of rotatable bonds is 6. The number of alkyl halides is 3. The lowest BCUT2D eigenvalue weighted by molar-refractivity contribution is -0.167. The van der Waals surface area contributed by atoms with E-state index in [0.717, 1.165) is 31.4 Å². The van der Waals surface area contributed by atoms with Crippen molar-refractivity contribution in [3.05, 3.63) is 35.4 Å². The third-order valence-corrected chi connectivity index (χ3v) is 3.80. The summed E-state index contributed by atoms with van der Waals surface area (Å²) in [6, 6.07) is 3.84. The number of benzene rings is 1.